The summed E-state index contributed by atoms with van der Waals surface area (Å²) in [6.07, 6.45) is 24.0. The number of carbonyl (C=O) groups excluding carboxylic acids is 2. The van der Waals surface area contributed by atoms with Crippen LogP contribution in [-0.2, 0) is 14.1 Å². The highest BCUT2D eigenvalue weighted by molar-refractivity contribution is 6.02. The molecule has 0 radical (unpaired) electrons. The predicted octanol–water partition coefficient (Wildman–Crippen LogP) is 6.64. The summed E-state index contributed by atoms with van der Waals surface area (Å²) < 4.78 is 3.50. The highest BCUT2D eigenvalue weighted by Crippen LogP contribution is 2.26. The fraction of sp³-hybridized carbons (Fsp3) is 0.724. The molecule has 0 unspecified atom stereocenters. The Labute approximate surface area is 222 Å². The molecular formula is C29H46N6O2. The molecule has 0 aromatic carbocycles. The first-order chi connectivity index (χ1) is 18.0. The summed E-state index contributed by atoms with van der Waals surface area (Å²) in [7, 11) is 3.66. The molecule has 2 fully saturated rings. The van der Waals surface area contributed by atoms with Crippen LogP contribution in [0.25, 0.3) is 0 Å². The molecule has 2 heterocycles. The minimum Gasteiger partial charge on any atom is -0.366 e. The summed E-state index contributed by atoms with van der Waals surface area (Å²) in [4.78, 5) is 35.5. The number of hydrogen-bond acceptors (Lipinski definition) is 5. The third-order valence-corrected chi connectivity index (χ3v) is 8.10. The van der Waals surface area contributed by atoms with E-state index in [2.05, 4.69) is 20.6 Å². The summed E-state index contributed by atoms with van der Waals surface area (Å²) in [5, 5.41) is 6.45. The molecule has 2 N–H and O–H groups in total. The van der Waals surface area contributed by atoms with Crippen molar-refractivity contribution in [3.05, 3.63) is 24.0 Å². The second-order valence-corrected chi connectivity index (χ2v) is 11.2. The van der Waals surface area contributed by atoms with Gasteiger partial charge in [-0.3, -0.25) is 9.59 Å². The Morgan fingerprint density at radius 3 is 1.73 bits per heavy atom. The number of aromatic nitrogens is 4. The van der Waals surface area contributed by atoms with Gasteiger partial charge < -0.3 is 19.8 Å². The molecule has 0 saturated heterocycles. The maximum Gasteiger partial charge on any atom is 0.292 e. The Bertz CT molecular complexity index is 1010. The van der Waals surface area contributed by atoms with Crippen LogP contribution in [0.2, 0.25) is 0 Å². The van der Waals surface area contributed by atoms with Crippen LogP contribution in [0.4, 0.5) is 11.6 Å². The van der Waals surface area contributed by atoms with E-state index in [9.17, 15) is 9.59 Å². The Balaban J connectivity index is 1.38. The number of amides is 1. The zero-order chi connectivity index (χ0) is 26.0. The van der Waals surface area contributed by atoms with Gasteiger partial charge in [-0.05, 0) is 25.7 Å². The van der Waals surface area contributed by atoms with Crippen molar-refractivity contribution in [2.75, 3.05) is 10.6 Å². The van der Waals surface area contributed by atoms with Gasteiger partial charge in [0.2, 0.25) is 11.6 Å². The molecule has 4 rings (SSSR count). The molecule has 8 nitrogen and oxygen atoms in total. The number of Topliss-reactive ketones (excluding diaryl/α,β-unsaturated/α-hetero) is 1. The number of anilines is 2. The van der Waals surface area contributed by atoms with Gasteiger partial charge in [-0.2, -0.15) is 0 Å². The predicted molar refractivity (Wildman–Crippen MR) is 148 cm³/mol. The van der Waals surface area contributed by atoms with Gasteiger partial charge in [0, 0.05) is 38.4 Å². The van der Waals surface area contributed by atoms with E-state index < -0.39 is 0 Å². The fourth-order valence-electron chi connectivity index (χ4n) is 5.92. The molecule has 0 aliphatic heterocycles. The summed E-state index contributed by atoms with van der Waals surface area (Å²) in [5.74, 6) is 1.69. The van der Waals surface area contributed by atoms with Crippen molar-refractivity contribution >= 4 is 23.3 Å². The quantitative estimate of drug-likeness (QED) is 0.425. The first-order valence-electron chi connectivity index (χ1n) is 14.7. The van der Waals surface area contributed by atoms with Crippen LogP contribution >= 0.6 is 0 Å². The Morgan fingerprint density at radius 2 is 1.14 bits per heavy atom. The number of imidazole rings is 2. The minimum atomic E-state index is -0.318. The lowest BCUT2D eigenvalue weighted by molar-refractivity contribution is 0.0888. The largest absolute Gasteiger partial charge is 0.366 e. The second kappa shape index (κ2) is 13.8. The number of aryl methyl sites for hydroxylation is 2. The second-order valence-electron chi connectivity index (χ2n) is 11.2. The normalized spacial score (nSPS) is 19.4. The first kappa shape index (κ1) is 27.4. The number of ketones is 1. The van der Waals surface area contributed by atoms with Crippen LogP contribution in [0, 0.1) is 5.92 Å². The van der Waals surface area contributed by atoms with E-state index in [1.165, 1.54) is 70.6 Å². The van der Waals surface area contributed by atoms with E-state index >= 15 is 0 Å². The summed E-state index contributed by atoms with van der Waals surface area (Å²) in [6, 6.07) is 0.394. The van der Waals surface area contributed by atoms with Crippen LogP contribution in [0.15, 0.2) is 12.4 Å². The van der Waals surface area contributed by atoms with Crippen molar-refractivity contribution in [1.29, 1.82) is 0 Å². The van der Waals surface area contributed by atoms with Crippen molar-refractivity contribution < 1.29 is 9.59 Å². The Morgan fingerprint density at radius 1 is 0.676 bits per heavy atom. The number of carbonyl (C=O) groups is 2. The topological polar surface area (TPSA) is 93.8 Å². The molecular weight excluding hydrogens is 464 g/mol. The van der Waals surface area contributed by atoms with Crippen LogP contribution < -0.4 is 10.6 Å². The first-order valence-corrected chi connectivity index (χ1v) is 14.7. The van der Waals surface area contributed by atoms with Crippen molar-refractivity contribution in [1.82, 2.24) is 19.1 Å². The van der Waals surface area contributed by atoms with Gasteiger partial charge in [-0.1, -0.05) is 83.5 Å². The van der Waals surface area contributed by atoms with E-state index in [-0.39, 0.29) is 17.6 Å². The SMILES string of the molecule is Cn1cc(NC2CCCCCCCCC2)nc1C(=O)Nc1cn(C)c(C(=O)C2CCCCCCCC2)n1. The van der Waals surface area contributed by atoms with E-state index in [4.69, 9.17) is 0 Å². The summed E-state index contributed by atoms with van der Waals surface area (Å²) >= 11 is 0. The fourth-order valence-corrected chi connectivity index (χ4v) is 5.92. The van der Waals surface area contributed by atoms with Crippen LogP contribution in [0.3, 0.4) is 0 Å². The Kier molecular flexibility index (Phi) is 10.2. The zero-order valence-electron chi connectivity index (χ0n) is 22.9. The van der Waals surface area contributed by atoms with E-state index in [0.29, 0.717) is 23.5 Å². The number of rotatable bonds is 6. The molecule has 2 aliphatic rings. The summed E-state index contributed by atoms with van der Waals surface area (Å²) in [5.41, 5.74) is 0. The molecule has 204 valence electrons. The number of hydrogen-bond donors (Lipinski definition) is 2. The monoisotopic (exact) mass is 510 g/mol. The van der Waals surface area contributed by atoms with Gasteiger partial charge in [0.25, 0.3) is 5.91 Å². The van der Waals surface area contributed by atoms with Crippen molar-refractivity contribution in [2.45, 2.75) is 115 Å². The maximum atomic E-state index is 13.3. The molecule has 8 heteroatoms. The lowest BCUT2D eigenvalue weighted by atomic mass is 9.92. The smallest absolute Gasteiger partial charge is 0.292 e. The van der Waals surface area contributed by atoms with Crippen LogP contribution in [0.1, 0.15) is 130 Å². The van der Waals surface area contributed by atoms with Crippen molar-refractivity contribution in [2.24, 2.45) is 20.0 Å². The standard InChI is InChI=1S/C29H46N6O2/c1-34-21-25(31-27(34)26(36)22-16-12-8-6-7-9-13-17-22)33-29(37)28-32-24(20-35(28)2)30-23-18-14-10-4-3-5-11-15-19-23/h20-23,30H,3-19H2,1-2H3,(H,33,37). The molecule has 37 heavy (non-hydrogen) atoms. The minimum absolute atomic E-state index is 0.0212. The van der Waals surface area contributed by atoms with Gasteiger partial charge >= 0.3 is 0 Å². The Hall–Kier alpha value is -2.64. The molecule has 0 atom stereocenters. The molecule has 2 aliphatic carbocycles. The van der Waals surface area contributed by atoms with E-state index in [1.54, 1.807) is 15.3 Å². The third kappa shape index (κ3) is 7.92. The lowest BCUT2D eigenvalue weighted by Crippen LogP contribution is -2.20. The van der Waals surface area contributed by atoms with Gasteiger partial charge in [-0.15, -0.1) is 0 Å². The van der Waals surface area contributed by atoms with E-state index in [1.807, 2.05) is 20.3 Å². The highest BCUT2D eigenvalue weighted by atomic mass is 16.2. The zero-order valence-corrected chi connectivity index (χ0v) is 22.9. The van der Waals surface area contributed by atoms with Crippen molar-refractivity contribution in [3.63, 3.8) is 0 Å². The molecule has 2 saturated carbocycles. The third-order valence-electron chi connectivity index (χ3n) is 8.10. The number of nitrogens with zero attached hydrogens (tertiary/aromatic N) is 4. The summed E-state index contributed by atoms with van der Waals surface area (Å²) in [6.45, 7) is 0. The molecule has 0 spiro atoms. The van der Waals surface area contributed by atoms with Gasteiger partial charge in [0.05, 0.1) is 0 Å². The van der Waals surface area contributed by atoms with Gasteiger partial charge in [0.15, 0.2) is 11.6 Å². The van der Waals surface area contributed by atoms with Gasteiger partial charge in [0.1, 0.15) is 5.82 Å². The highest BCUT2D eigenvalue weighted by Gasteiger charge is 2.25. The number of nitrogens with one attached hydrogen (secondary N) is 2. The van der Waals surface area contributed by atoms with E-state index in [0.717, 1.165) is 44.3 Å². The van der Waals surface area contributed by atoms with Crippen LogP contribution in [-0.4, -0.2) is 36.8 Å². The van der Waals surface area contributed by atoms with Crippen molar-refractivity contribution in [3.8, 4) is 0 Å². The molecule has 0 bridgehead atoms. The van der Waals surface area contributed by atoms with Crippen LogP contribution in [0.5, 0.6) is 0 Å². The molecule has 2 aromatic rings. The lowest BCUT2D eigenvalue weighted by Gasteiger charge is -2.19. The maximum absolute atomic E-state index is 13.3. The van der Waals surface area contributed by atoms with Gasteiger partial charge in [-0.25, -0.2) is 9.97 Å². The molecule has 1 amide bonds. The molecule has 2 aromatic heterocycles. The average molecular weight is 511 g/mol. The average Bonchev–Trinajstić information content (AvgIpc) is 3.47.